The van der Waals surface area contributed by atoms with Crippen molar-refractivity contribution in [3.05, 3.63) is 59.4 Å². The Bertz CT molecular complexity index is 1070. The molecule has 8 heteroatoms. The molecule has 0 fully saturated rings. The number of guanidine groups is 1. The predicted molar refractivity (Wildman–Crippen MR) is 102 cm³/mol. The van der Waals surface area contributed by atoms with Crippen LogP contribution in [0, 0.1) is 5.82 Å². The Labute approximate surface area is 162 Å². The first-order valence-corrected chi connectivity index (χ1v) is 10.6. The van der Waals surface area contributed by atoms with Gasteiger partial charge in [0.2, 0.25) is 15.7 Å². The normalized spacial score (nSPS) is 19.0. The second-order valence-electron chi connectivity index (χ2n) is 7.00. The zero-order valence-electron chi connectivity index (χ0n) is 15.1. The SMILES string of the molecule is O=C1CN=C(NCC2CCCc3cc(S(=O)(=O)c4cccc(F)c4)ccc32)N1. The Morgan fingerprint density at radius 3 is 2.75 bits per heavy atom. The maximum Gasteiger partial charge on any atom is 0.248 e. The summed E-state index contributed by atoms with van der Waals surface area (Å²) in [6.07, 6.45) is 2.72. The number of hydrogen-bond acceptors (Lipinski definition) is 5. The summed E-state index contributed by atoms with van der Waals surface area (Å²) in [5, 5.41) is 5.82. The van der Waals surface area contributed by atoms with Gasteiger partial charge in [0, 0.05) is 12.5 Å². The molecule has 0 saturated heterocycles. The summed E-state index contributed by atoms with van der Waals surface area (Å²) in [5.41, 5.74) is 2.09. The van der Waals surface area contributed by atoms with Crippen molar-refractivity contribution in [1.82, 2.24) is 10.6 Å². The van der Waals surface area contributed by atoms with Crippen molar-refractivity contribution < 1.29 is 17.6 Å². The number of aryl methyl sites for hydroxylation is 1. The van der Waals surface area contributed by atoms with Crippen molar-refractivity contribution in [3.8, 4) is 0 Å². The number of halogens is 1. The molecule has 0 aromatic heterocycles. The van der Waals surface area contributed by atoms with Gasteiger partial charge < -0.3 is 5.32 Å². The predicted octanol–water partition coefficient (Wildman–Crippen LogP) is 2.15. The molecule has 1 aliphatic heterocycles. The van der Waals surface area contributed by atoms with Crippen LogP contribution in [0.5, 0.6) is 0 Å². The van der Waals surface area contributed by atoms with E-state index in [1.807, 2.05) is 6.07 Å². The number of fused-ring (bicyclic) bond motifs is 1. The molecular weight excluding hydrogens is 381 g/mol. The number of aliphatic imine (C=N–C) groups is 1. The van der Waals surface area contributed by atoms with Gasteiger partial charge in [-0.05, 0) is 60.7 Å². The fourth-order valence-corrected chi connectivity index (χ4v) is 5.06. The Morgan fingerprint density at radius 1 is 1.18 bits per heavy atom. The number of hydrogen-bond donors (Lipinski definition) is 2. The van der Waals surface area contributed by atoms with Crippen molar-refractivity contribution in [2.45, 2.75) is 35.0 Å². The second-order valence-corrected chi connectivity index (χ2v) is 8.95. The van der Waals surface area contributed by atoms with Gasteiger partial charge in [0.1, 0.15) is 12.4 Å². The highest BCUT2D eigenvalue weighted by molar-refractivity contribution is 7.91. The second kappa shape index (κ2) is 7.35. The molecule has 1 aliphatic carbocycles. The molecule has 0 saturated carbocycles. The van der Waals surface area contributed by atoms with E-state index in [9.17, 15) is 17.6 Å². The molecule has 1 atom stereocenters. The summed E-state index contributed by atoms with van der Waals surface area (Å²) in [6, 6.07) is 10.2. The highest BCUT2D eigenvalue weighted by Gasteiger charge is 2.25. The van der Waals surface area contributed by atoms with Crippen LogP contribution < -0.4 is 10.6 Å². The molecule has 1 unspecified atom stereocenters. The average Bonchev–Trinajstić information content (AvgIpc) is 3.11. The van der Waals surface area contributed by atoms with Crippen LogP contribution in [0.15, 0.2) is 57.2 Å². The van der Waals surface area contributed by atoms with Crippen molar-refractivity contribution >= 4 is 21.7 Å². The average molecular weight is 401 g/mol. The van der Waals surface area contributed by atoms with Crippen molar-refractivity contribution in [2.75, 3.05) is 13.1 Å². The lowest BCUT2D eigenvalue weighted by atomic mass is 9.83. The minimum absolute atomic E-state index is 0.0449. The minimum atomic E-state index is -3.77. The third kappa shape index (κ3) is 3.64. The fraction of sp³-hybridized carbons (Fsp3) is 0.300. The standard InChI is InChI=1S/C20H20FN3O3S/c21-15-5-2-6-16(10-15)28(26,27)17-7-8-18-13(9-17)3-1-4-14(18)11-22-20-23-12-19(25)24-20/h2,5-10,14H,1,3-4,11-12H2,(H2,22,23,24,25). The van der Waals surface area contributed by atoms with Gasteiger partial charge >= 0.3 is 0 Å². The number of amides is 1. The van der Waals surface area contributed by atoms with Crippen LogP contribution in [-0.2, 0) is 21.1 Å². The molecule has 0 radical (unpaired) electrons. The highest BCUT2D eigenvalue weighted by Crippen LogP contribution is 2.34. The van der Waals surface area contributed by atoms with E-state index in [4.69, 9.17) is 0 Å². The van der Waals surface area contributed by atoms with E-state index in [0.717, 1.165) is 36.5 Å². The summed E-state index contributed by atoms with van der Waals surface area (Å²) in [6.45, 7) is 0.757. The van der Waals surface area contributed by atoms with Crippen LogP contribution in [0.3, 0.4) is 0 Å². The molecule has 4 rings (SSSR count). The molecule has 2 aliphatic rings. The van der Waals surface area contributed by atoms with Gasteiger partial charge in [0.05, 0.1) is 9.79 Å². The van der Waals surface area contributed by atoms with Crippen LogP contribution in [0.25, 0.3) is 0 Å². The monoisotopic (exact) mass is 401 g/mol. The summed E-state index contributed by atoms with van der Waals surface area (Å²) in [5.74, 6) is -0.0110. The first-order valence-electron chi connectivity index (χ1n) is 9.15. The molecule has 1 amide bonds. The molecule has 6 nitrogen and oxygen atoms in total. The number of nitrogens with zero attached hydrogens (tertiary/aromatic N) is 1. The zero-order valence-corrected chi connectivity index (χ0v) is 15.9. The van der Waals surface area contributed by atoms with E-state index in [0.29, 0.717) is 12.5 Å². The number of sulfone groups is 1. The van der Waals surface area contributed by atoms with Crippen LogP contribution in [-0.4, -0.2) is 33.4 Å². The maximum absolute atomic E-state index is 13.5. The number of rotatable bonds is 4. The van der Waals surface area contributed by atoms with Gasteiger partial charge in [-0.1, -0.05) is 12.1 Å². The quantitative estimate of drug-likeness (QED) is 0.822. The summed E-state index contributed by atoms with van der Waals surface area (Å²) in [4.78, 5) is 15.4. The van der Waals surface area contributed by atoms with Crippen molar-refractivity contribution in [3.63, 3.8) is 0 Å². The zero-order chi connectivity index (χ0) is 19.7. The number of benzene rings is 2. The first kappa shape index (κ1) is 18.6. The molecule has 1 heterocycles. The number of nitrogens with one attached hydrogen (secondary N) is 2. The molecule has 2 aromatic rings. The number of carbonyl (C=O) groups is 1. The molecule has 0 spiro atoms. The summed E-state index contributed by atoms with van der Waals surface area (Å²) < 4.78 is 39.2. The molecule has 146 valence electrons. The van der Waals surface area contributed by atoms with E-state index < -0.39 is 15.7 Å². The smallest absolute Gasteiger partial charge is 0.248 e. The molecule has 2 aromatic carbocycles. The Balaban J connectivity index is 1.57. The molecule has 2 N–H and O–H groups in total. The van der Waals surface area contributed by atoms with Gasteiger partial charge in [-0.25, -0.2) is 17.8 Å². The lowest BCUT2D eigenvalue weighted by molar-refractivity contribution is -0.117. The molecular formula is C20H20FN3O3S. The van der Waals surface area contributed by atoms with Gasteiger partial charge in [-0.2, -0.15) is 0 Å². The third-order valence-electron chi connectivity index (χ3n) is 5.12. The summed E-state index contributed by atoms with van der Waals surface area (Å²) >= 11 is 0. The van der Waals surface area contributed by atoms with Crippen molar-refractivity contribution in [1.29, 1.82) is 0 Å². The van der Waals surface area contributed by atoms with Gasteiger partial charge in [0.25, 0.3) is 0 Å². The van der Waals surface area contributed by atoms with E-state index in [2.05, 4.69) is 15.6 Å². The lowest BCUT2D eigenvalue weighted by Crippen LogP contribution is -2.38. The van der Waals surface area contributed by atoms with Crippen LogP contribution in [0.4, 0.5) is 4.39 Å². The van der Waals surface area contributed by atoms with Crippen LogP contribution in [0.1, 0.15) is 29.9 Å². The Hall–Kier alpha value is -2.74. The number of carbonyl (C=O) groups excluding carboxylic acids is 1. The van der Waals surface area contributed by atoms with Gasteiger partial charge in [0.15, 0.2) is 5.96 Å². The largest absolute Gasteiger partial charge is 0.355 e. The fourth-order valence-electron chi connectivity index (χ4n) is 3.72. The third-order valence-corrected chi connectivity index (χ3v) is 6.87. The van der Waals surface area contributed by atoms with E-state index in [1.165, 1.54) is 18.2 Å². The minimum Gasteiger partial charge on any atom is -0.355 e. The van der Waals surface area contributed by atoms with E-state index in [1.54, 1.807) is 12.1 Å². The maximum atomic E-state index is 13.5. The topological polar surface area (TPSA) is 87.6 Å². The highest BCUT2D eigenvalue weighted by atomic mass is 32.2. The van der Waals surface area contributed by atoms with E-state index in [-0.39, 0.29) is 28.2 Å². The lowest BCUT2D eigenvalue weighted by Gasteiger charge is -2.26. The van der Waals surface area contributed by atoms with Crippen LogP contribution in [0.2, 0.25) is 0 Å². The first-order chi connectivity index (χ1) is 13.4. The summed E-state index contributed by atoms with van der Waals surface area (Å²) in [7, 11) is -3.77. The van der Waals surface area contributed by atoms with E-state index >= 15 is 0 Å². The van der Waals surface area contributed by atoms with Gasteiger partial charge in [-0.3, -0.25) is 10.1 Å². The van der Waals surface area contributed by atoms with Crippen molar-refractivity contribution in [2.24, 2.45) is 4.99 Å². The van der Waals surface area contributed by atoms with Crippen LogP contribution >= 0.6 is 0 Å². The molecule has 28 heavy (non-hydrogen) atoms. The molecule has 0 bridgehead atoms. The Morgan fingerprint density at radius 2 is 2.00 bits per heavy atom. The Kier molecular flexibility index (Phi) is 4.89. The van der Waals surface area contributed by atoms with Gasteiger partial charge in [-0.15, -0.1) is 0 Å².